The molecule has 4 rings (SSSR count). The summed E-state index contributed by atoms with van der Waals surface area (Å²) in [5, 5.41) is 2.17. The summed E-state index contributed by atoms with van der Waals surface area (Å²) in [7, 11) is 0. The van der Waals surface area contributed by atoms with Gasteiger partial charge in [0.15, 0.2) is 6.67 Å². The van der Waals surface area contributed by atoms with Crippen molar-refractivity contribution >= 4 is 28.7 Å². The molecule has 1 amide bonds. The maximum Gasteiger partial charge on any atom is 0.303 e. The van der Waals surface area contributed by atoms with Gasteiger partial charge in [-0.15, -0.1) is 11.3 Å². The summed E-state index contributed by atoms with van der Waals surface area (Å²) in [6.07, 6.45) is 2.96. The number of quaternary nitrogens is 1. The fourth-order valence-corrected chi connectivity index (χ4v) is 5.10. The molecule has 1 N–H and O–H groups in total. The predicted octanol–water partition coefficient (Wildman–Crippen LogP) is 2.39. The van der Waals surface area contributed by atoms with Crippen LogP contribution < -0.4 is 9.80 Å². The Morgan fingerprint density at radius 1 is 1.24 bits per heavy atom. The second-order valence-corrected chi connectivity index (χ2v) is 7.84. The topological polar surface area (TPSA) is 41.8 Å². The van der Waals surface area contributed by atoms with E-state index in [9.17, 15) is 9.59 Å². The quantitative estimate of drug-likeness (QED) is 0.856. The van der Waals surface area contributed by atoms with Crippen molar-refractivity contribution in [2.45, 2.75) is 39.2 Å². The zero-order valence-corrected chi connectivity index (χ0v) is 15.5. The summed E-state index contributed by atoms with van der Waals surface area (Å²) in [5.41, 5.74) is 3.88. The van der Waals surface area contributed by atoms with Crippen molar-refractivity contribution in [3.63, 3.8) is 0 Å². The van der Waals surface area contributed by atoms with Gasteiger partial charge in [0.05, 0.1) is 17.8 Å². The van der Waals surface area contributed by atoms with Crippen LogP contribution in [0.15, 0.2) is 29.6 Å². The molecule has 5 heteroatoms. The monoisotopic (exact) mass is 355 g/mol. The molecule has 0 radical (unpaired) electrons. The van der Waals surface area contributed by atoms with Crippen LogP contribution >= 0.6 is 11.3 Å². The Morgan fingerprint density at radius 3 is 2.84 bits per heavy atom. The lowest BCUT2D eigenvalue weighted by molar-refractivity contribution is -0.932. The zero-order valence-electron chi connectivity index (χ0n) is 14.7. The first-order valence-electron chi connectivity index (χ1n) is 9.04. The predicted molar refractivity (Wildman–Crippen MR) is 99.4 cm³/mol. The molecule has 0 aliphatic carbocycles. The van der Waals surface area contributed by atoms with E-state index in [1.807, 2.05) is 29.5 Å². The molecule has 25 heavy (non-hydrogen) atoms. The van der Waals surface area contributed by atoms with Crippen LogP contribution in [0.3, 0.4) is 0 Å². The molecule has 1 aromatic heterocycles. The van der Waals surface area contributed by atoms with Crippen molar-refractivity contribution in [2.24, 2.45) is 0 Å². The van der Waals surface area contributed by atoms with Gasteiger partial charge in [0.2, 0.25) is 0 Å². The lowest BCUT2D eigenvalue weighted by Crippen LogP contribution is -3.15. The number of fused-ring (bicyclic) bond motifs is 2. The lowest BCUT2D eigenvalue weighted by atomic mass is 9.98. The third-order valence-electron chi connectivity index (χ3n) is 5.53. The smallest absolute Gasteiger partial charge is 0.303 e. The number of rotatable bonds is 4. The van der Waals surface area contributed by atoms with Crippen LogP contribution in [-0.2, 0) is 17.6 Å². The number of anilines is 1. The molecule has 0 spiro atoms. The first kappa shape index (κ1) is 16.5. The Bertz CT molecular complexity index is 842. The number of nitrogens with one attached hydrogen (secondary N) is 1. The molecule has 0 bridgehead atoms. The molecular weight excluding hydrogens is 332 g/mol. The summed E-state index contributed by atoms with van der Waals surface area (Å²) >= 11 is 1.83. The van der Waals surface area contributed by atoms with Gasteiger partial charge in [-0.2, -0.15) is 0 Å². The first-order chi connectivity index (χ1) is 12.1. The summed E-state index contributed by atoms with van der Waals surface area (Å²) in [6, 6.07) is 8.48. The number of aryl methyl sites for hydroxylation is 1. The summed E-state index contributed by atoms with van der Waals surface area (Å²) < 4.78 is 0. The molecule has 0 saturated heterocycles. The Morgan fingerprint density at radius 2 is 2.08 bits per heavy atom. The van der Waals surface area contributed by atoms with Crippen LogP contribution in [0.1, 0.15) is 52.7 Å². The molecule has 2 atom stereocenters. The number of nitrogens with zero attached hydrogens (tertiary/aromatic N) is 1. The minimum Gasteiger partial charge on any atom is -0.311 e. The van der Waals surface area contributed by atoms with E-state index in [2.05, 4.69) is 25.3 Å². The molecule has 0 fully saturated rings. The van der Waals surface area contributed by atoms with E-state index in [-0.39, 0.29) is 11.7 Å². The second kappa shape index (κ2) is 6.39. The number of carbonyl (C=O) groups excluding carboxylic acids is 2. The first-order valence-corrected chi connectivity index (χ1v) is 9.92. The minimum absolute atomic E-state index is 0.356. The highest BCUT2D eigenvalue weighted by Crippen LogP contribution is 2.30. The number of amides is 1. The lowest BCUT2D eigenvalue weighted by Gasteiger charge is -2.34. The highest BCUT2D eigenvalue weighted by Gasteiger charge is 2.40. The van der Waals surface area contributed by atoms with Crippen molar-refractivity contribution in [3.05, 3.63) is 51.2 Å². The number of benzene rings is 1. The zero-order chi connectivity index (χ0) is 17.6. The fraction of sp³-hybridized carbons (Fsp3) is 0.400. The van der Waals surface area contributed by atoms with Crippen molar-refractivity contribution in [2.75, 3.05) is 18.1 Å². The summed E-state index contributed by atoms with van der Waals surface area (Å²) in [6.45, 7) is 5.84. The van der Waals surface area contributed by atoms with Gasteiger partial charge >= 0.3 is 5.91 Å². The van der Waals surface area contributed by atoms with Crippen LogP contribution in [0, 0.1) is 0 Å². The van der Waals surface area contributed by atoms with Crippen molar-refractivity contribution < 1.29 is 14.5 Å². The second-order valence-electron chi connectivity index (χ2n) is 6.84. The molecule has 3 heterocycles. The van der Waals surface area contributed by atoms with Crippen LogP contribution in [-0.4, -0.2) is 24.9 Å². The van der Waals surface area contributed by atoms with Gasteiger partial charge < -0.3 is 4.90 Å². The van der Waals surface area contributed by atoms with Gasteiger partial charge in [-0.25, -0.2) is 0 Å². The van der Waals surface area contributed by atoms with E-state index < -0.39 is 0 Å². The van der Waals surface area contributed by atoms with Gasteiger partial charge in [0, 0.05) is 23.3 Å². The number of hydrogen-bond acceptors (Lipinski definition) is 3. The molecule has 1 aromatic carbocycles. The Kier molecular flexibility index (Phi) is 4.21. The van der Waals surface area contributed by atoms with Crippen molar-refractivity contribution in [3.8, 4) is 0 Å². The number of carbonyl (C=O) groups is 2. The van der Waals surface area contributed by atoms with Crippen LogP contribution in [0.4, 0.5) is 5.69 Å². The molecule has 2 aliphatic heterocycles. The van der Waals surface area contributed by atoms with Crippen LogP contribution in [0.2, 0.25) is 0 Å². The standard InChI is InChI=1S/C20H22N2O2S/c1-3-13-5-6-17-15(11-13)19(23)20(24)22(17)12-21-9-7-18-14(8-10-25-18)16(21)4-2/h5-6,8,10-11,16H,3-4,7,9,12H2,1-2H3/p+1/t16-/m1/s1. The Balaban J connectivity index is 1.64. The highest BCUT2D eigenvalue weighted by atomic mass is 32.1. The Labute approximate surface area is 152 Å². The largest absolute Gasteiger partial charge is 0.311 e. The van der Waals surface area contributed by atoms with Crippen LogP contribution in [0.25, 0.3) is 0 Å². The summed E-state index contributed by atoms with van der Waals surface area (Å²) in [5.74, 6) is -0.729. The van der Waals surface area contributed by atoms with Gasteiger partial charge in [-0.1, -0.05) is 19.9 Å². The van der Waals surface area contributed by atoms with E-state index in [0.717, 1.165) is 37.1 Å². The van der Waals surface area contributed by atoms with Crippen LogP contribution in [0.5, 0.6) is 0 Å². The Hall–Kier alpha value is -1.98. The van der Waals surface area contributed by atoms with Gasteiger partial charge in [-0.3, -0.25) is 14.5 Å². The van der Waals surface area contributed by atoms with E-state index in [1.165, 1.54) is 15.3 Å². The van der Waals surface area contributed by atoms with Crippen molar-refractivity contribution in [1.29, 1.82) is 0 Å². The SMILES string of the molecule is CCc1ccc2c(c1)C(=O)C(=O)N2C[NH+]1CCc2sccc2[C@H]1CC. The third-order valence-corrected chi connectivity index (χ3v) is 6.53. The van der Waals surface area contributed by atoms with Gasteiger partial charge in [-0.05, 0) is 35.6 Å². The number of ketones is 1. The van der Waals surface area contributed by atoms with E-state index in [1.54, 1.807) is 4.90 Å². The molecular formula is C20H23N2O2S+. The fourth-order valence-electron chi connectivity index (χ4n) is 4.16. The maximum absolute atomic E-state index is 12.6. The number of thiophene rings is 1. The third kappa shape index (κ3) is 2.62. The van der Waals surface area contributed by atoms with E-state index in [4.69, 9.17) is 0 Å². The molecule has 0 saturated carbocycles. The average molecular weight is 355 g/mol. The molecule has 1 unspecified atom stereocenters. The minimum atomic E-state index is -0.373. The van der Waals surface area contributed by atoms with E-state index in [0.29, 0.717) is 18.3 Å². The molecule has 2 aliphatic rings. The average Bonchev–Trinajstić information content (AvgIpc) is 3.20. The number of hydrogen-bond donors (Lipinski definition) is 1. The summed E-state index contributed by atoms with van der Waals surface area (Å²) in [4.78, 5) is 29.6. The van der Waals surface area contributed by atoms with Gasteiger partial charge in [0.1, 0.15) is 6.04 Å². The maximum atomic E-state index is 12.6. The molecule has 4 nitrogen and oxygen atoms in total. The van der Waals surface area contributed by atoms with E-state index >= 15 is 0 Å². The van der Waals surface area contributed by atoms with Crippen molar-refractivity contribution in [1.82, 2.24) is 0 Å². The highest BCUT2D eigenvalue weighted by molar-refractivity contribution is 7.10. The molecule has 130 valence electrons. The number of Topliss-reactive ketones (excluding diaryl/α,β-unsaturated/α-hetero) is 1. The molecule has 2 aromatic rings. The normalized spacial score (nSPS) is 22.2. The van der Waals surface area contributed by atoms with Gasteiger partial charge in [0.25, 0.3) is 5.78 Å².